The molecule has 1 rings (SSSR count). The number of nitriles is 1. The maximum absolute atomic E-state index is 8.14. The minimum Gasteiger partial charge on any atom is -0.198 e. The van der Waals surface area contributed by atoms with Crippen molar-refractivity contribution < 1.29 is 0 Å². The van der Waals surface area contributed by atoms with E-state index in [1.165, 1.54) is 11.5 Å². The zero-order valence-electron chi connectivity index (χ0n) is 4.05. The monoisotopic (exact) mass is 113 g/mol. The lowest BCUT2D eigenvalue weighted by molar-refractivity contribution is 0.660. The van der Waals surface area contributed by atoms with Gasteiger partial charge in [-0.3, -0.25) is 0 Å². The van der Waals surface area contributed by atoms with E-state index in [0.29, 0.717) is 0 Å². The summed E-state index contributed by atoms with van der Waals surface area (Å²) in [4.78, 5) is 0. The van der Waals surface area contributed by atoms with Crippen LogP contribution >= 0.6 is 11.8 Å². The molecular weight excluding hydrogens is 106 g/mol. The highest BCUT2D eigenvalue weighted by Crippen LogP contribution is 2.26. The molecule has 1 aliphatic rings. The van der Waals surface area contributed by atoms with Crippen molar-refractivity contribution in [2.45, 2.75) is 6.42 Å². The Morgan fingerprint density at radius 3 is 2.57 bits per heavy atom. The van der Waals surface area contributed by atoms with Gasteiger partial charge >= 0.3 is 0 Å². The van der Waals surface area contributed by atoms with E-state index in [-0.39, 0.29) is 0 Å². The second-order valence-corrected chi connectivity index (χ2v) is 2.84. The largest absolute Gasteiger partial charge is 0.198 e. The molecule has 0 amide bonds. The van der Waals surface area contributed by atoms with E-state index in [1.807, 2.05) is 11.8 Å². The summed E-state index contributed by atoms with van der Waals surface area (Å²) in [6.45, 7) is 0. The molecule has 0 aromatic heterocycles. The highest BCUT2D eigenvalue weighted by Gasteiger charge is 2.16. The van der Waals surface area contributed by atoms with Crippen molar-refractivity contribution in [3.05, 3.63) is 0 Å². The molecule has 0 radical (unpaired) electrons. The molecule has 0 aromatic rings. The normalized spacial score (nSPS) is 20.4. The molecule has 0 N–H and O–H groups in total. The summed E-state index contributed by atoms with van der Waals surface area (Å²) in [5.41, 5.74) is 0. The van der Waals surface area contributed by atoms with Crippen LogP contribution in [0.2, 0.25) is 0 Å². The fourth-order valence-corrected chi connectivity index (χ4v) is 1.34. The van der Waals surface area contributed by atoms with Gasteiger partial charge in [0.1, 0.15) is 0 Å². The van der Waals surface area contributed by atoms with Crippen LogP contribution in [0.25, 0.3) is 0 Å². The number of nitrogens with zero attached hydrogens (tertiary/aromatic N) is 1. The molecule has 0 saturated carbocycles. The second kappa shape index (κ2) is 2.23. The second-order valence-electron chi connectivity index (χ2n) is 1.77. The molecule has 0 spiro atoms. The van der Waals surface area contributed by atoms with E-state index >= 15 is 0 Å². The van der Waals surface area contributed by atoms with Gasteiger partial charge in [-0.25, -0.2) is 0 Å². The summed E-state index contributed by atoms with van der Waals surface area (Å²) in [5.74, 6) is 3.16. The summed E-state index contributed by atoms with van der Waals surface area (Å²) in [6, 6.07) is 2.16. The van der Waals surface area contributed by atoms with Gasteiger partial charge in [-0.1, -0.05) is 0 Å². The van der Waals surface area contributed by atoms with Crippen LogP contribution in [0.3, 0.4) is 0 Å². The minimum absolute atomic E-state index is 0.731. The zero-order chi connectivity index (χ0) is 5.11. The van der Waals surface area contributed by atoms with Crippen molar-refractivity contribution in [2.24, 2.45) is 5.92 Å². The third-order valence-corrected chi connectivity index (χ3v) is 2.50. The maximum Gasteiger partial charge on any atom is 0.0625 e. The van der Waals surface area contributed by atoms with Gasteiger partial charge < -0.3 is 0 Å². The molecule has 1 saturated heterocycles. The quantitative estimate of drug-likeness (QED) is 0.511. The Hall–Kier alpha value is -0.160. The smallest absolute Gasteiger partial charge is 0.0625 e. The molecule has 0 aliphatic carbocycles. The van der Waals surface area contributed by atoms with Gasteiger partial charge in [-0.15, -0.1) is 0 Å². The number of hydrogen-bond acceptors (Lipinski definition) is 2. The van der Waals surface area contributed by atoms with Gasteiger partial charge in [0, 0.05) is 6.42 Å². The van der Waals surface area contributed by atoms with Crippen molar-refractivity contribution in [2.75, 3.05) is 11.5 Å². The summed E-state index contributed by atoms with van der Waals surface area (Å²) in [5, 5.41) is 8.14. The van der Waals surface area contributed by atoms with Crippen LogP contribution in [0, 0.1) is 17.2 Å². The number of rotatable bonds is 1. The Kier molecular flexibility index (Phi) is 1.59. The Balaban J connectivity index is 2.06. The molecule has 0 aromatic carbocycles. The minimum atomic E-state index is 0.731. The molecule has 1 aliphatic heterocycles. The number of hydrogen-bond donors (Lipinski definition) is 0. The number of thioether (sulfide) groups is 1. The summed E-state index contributed by atoms with van der Waals surface area (Å²) in [7, 11) is 0. The predicted octanol–water partition coefficient (Wildman–Crippen LogP) is 1.26. The molecule has 0 unspecified atom stereocenters. The highest BCUT2D eigenvalue weighted by molar-refractivity contribution is 8.00. The lowest BCUT2D eigenvalue weighted by Crippen LogP contribution is -2.16. The molecule has 0 bridgehead atoms. The van der Waals surface area contributed by atoms with Gasteiger partial charge in [-0.2, -0.15) is 17.0 Å². The Labute approximate surface area is 47.7 Å². The third kappa shape index (κ3) is 1.10. The summed E-state index contributed by atoms with van der Waals surface area (Å²) >= 11 is 1.93. The first-order valence-electron chi connectivity index (χ1n) is 2.38. The van der Waals surface area contributed by atoms with Crippen molar-refractivity contribution >= 4 is 11.8 Å². The van der Waals surface area contributed by atoms with E-state index in [0.717, 1.165) is 12.3 Å². The van der Waals surface area contributed by atoms with Crippen LogP contribution in [0.4, 0.5) is 0 Å². The van der Waals surface area contributed by atoms with Crippen molar-refractivity contribution in [3.63, 3.8) is 0 Å². The first-order chi connectivity index (χ1) is 3.43. The first kappa shape index (κ1) is 4.99. The van der Waals surface area contributed by atoms with Gasteiger partial charge in [0.25, 0.3) is 0 Å². The molecule has 1 nitrogen and oxygen atoms in total. The van der Waals surface area contributed by atoms with Crippen molar-refractivity contribution in [1.82, 2.24) is 0 Å². The van der Waals surface area contributed by atoms with Gasteiger partial charge in [-0.05, 0) is 17.4 Å². The van der Waals surface area contributed by atoms with Crippen molar-refractivity contribution in [3.8, 4) is 6.07 Å². The molecule has 7 heavy (non-hydrogen) atoms. The van der Waals surface area contributed by atoms with Crippen LogP contribution in [0.5, 0.6) is 0 Å². The summed E-state index contributed by atoms with van der Waals surface area (Å²) in [6.07, 6.45) is 0.771. The molecule has 1 fully saturated rings. The molecule has 1 heterocycles. The topological polar surface area (TPSA) is 23.8 Å². The average molecular weight is 113 g/mol. The van der Waals surface area contributed by atoms with Gasteiger partial charge in [0.2, 0.25) is 0 Å². The molecule has 0 atom stereocenters. The molecular formula is C5H7NS. The standard InChI is InChI=1S/C5H7NS/c6-2-1-5-3-7-4-5/h5H,1,3-4H2. The summed E-state index contributed by atoms with van der Waals surface area (Å²) < 4.78 is 0. The van der Waals surface area contributed by atoms with E-state index < -0.39 is 0 Å². The van der Waals surface area contributed by atoms with Crippen molar-refractivity contribution in [1.29, 1.82) is 5.26 Å². The Morgan fingerprint density at radius 1 is 1.71 bits per heavy atom. The Morgan fingerprint density at radius 2 is 2.43 bits per heavy atom. The highest BCUT2D eigenvalue weighted by atomic mass is 32.2. The maximum atomic E-state index is 8.14. The van der Waals surface area contributed by atoms with Gasteiger partial charge in [0.15, 0.2) is 0 Å². The average Bonchev–Trinajstić information content (AvgIpc) is 1.55. The lowest BCUT2D eigenvalue weighted by Gasteiger charge is -2.21. The van der Waals surface area contributed by atoms with Crippen LogP contribution in [-0.2, 0) is 0 Å². The fourth-order valence-electron chi connectivity index (χ4n) is 0.531. The fraction of sp³-hybridized carbons (Fsp3) is 0.800. The van der Waals surface area contributed by atoms with E-state index in [4.69, 9.17) is 5.26 Å². The van der Waals surface area contributed by atoms with E-state index in [9.17, 15) is 0 Å². The lowest BCUT2D eigenvalue weighted by atomic mass is 10.1. The zero-order valence-corrected chi connectivity index (χ0v) is 4.87. The van der Waals surface area contributed by atoms with E-state index in [1.54, 1.807) is 0 Å². The molecule has 38 valence electrons. The Bertz CT molecular complexity index is 90.7. The van der Waals surface area contributed by atoms with Crippen LogP contribution in [-0.4, -0.2) is 11.5 Å². The van der Waals surface area contributed by atoms with Crippen LogP contribution < -0.4 is 0 Å². The molecule has 2 heteroatoms. The SMILES string of the molecule is N#CCC1CSC1. The van der Waals surface area contributed by atoms with Crippen LogP contribution in [0.15, 0.2) is 0 Å². The predicted molar refractivity (Wildman–Crippen MR) is 31.0 cm³/mol. The van der Waals surface area contributed by atoms with E-state index in [2.05, 4.69) is 6.07 Å². The van der Waals surface area contributed by atoms with Gasteiger partial charge in [0.05, 0.1) is 6.07 Å². The van der Waals surface area contributed by atoms with Crippen LogP contribution in [0.1, 0.15) is 6.42 Å². The first-order valence-corrected chi connectivity index (χ1v) is 3.53. The third-order valence-electron chi connectivity index (χ3n) is 1.09.